The molecule has 32 heavy (non-hydrogen) atoms. The Morgan fingerprint density at radius 3 is 2.69 bits per heavy atom. The Balaban J connectivity index is 1.47. The molecule has 2 N–H and O–H groups in total. The number of halogens is 1. The Labute approximate surface area is 190 Å². The van der Waals surface area contributed by atoms with Crippen LogP contribution in [0.25, 0.3) is 0 Å². The molecule has 0 radical (unpaired) electrons. The molecule has 1 heterocycles. The van der Waals surface area contributed by atoms with Crippen molar-refractivity contribution in [1.29, 1.82) is 0 Å². The highest BCUT2D eigenvalue weighted by Crippen LogP contribution is 2.15. The molecule has 0 amide bonds. The van der Waals surface area contributed by atoms with Crippen molar-refractivity contribution < 1.29 is 13.9 Å². The molecule has 2 aromatic rings. The summed E-state index contributed by atoms with van der Waals surface area (Å²) < 4.78 is 24.8. The van der Waals surface area contributed by atoms with Gasteiger partial charge in [-0.15, -0.1) is 0 Å². The average molecular weight is 443 g/mol. The van der Waals surface area contributed by atoms with Crippen molar-refractivity contribution >= 4 is 5.96 Å². The van der Waals surface area contributed by atoms with Gasteiger partial charge in [-0.2, -0.15) is 0 Å². The molecule has 0 aromatic heterocycles. The van der Waals surface area contributed by atoms with Crippen LogP contribution in [0, 0.1) is 5.82 Å². The van der Waals surface area contributed by atoms with E-state index in [0.29, 0.717) is 31.7 Å². The maximum atomic E-state index is 13.4. The number of benzene rings is 2. The van der Waals surface area contributed by atoms with Gasteiger partial charge in [-0.1, -0.05) is 24.3 Å². The number of aliphatic imine (C=N–C) groups is 1. The second kappa shape index (κ2) is 13.0. The summed E-state index contributed by atoms with van der Waals surface area (Å²) in [5.74, 6) is 1.32. The number of likely N-dealkylation sites (N-methyl/N-ethyl adjacent to an activating group) is 1. The quantitative estimate of drug-likeness (QED) is 0.435. The summed E-state index contributed by atoms with van der Waals surface area (Å²) in [7, 11) is 2.16. The van der Waals surface area contributed by atoms with Gasteiger partial charge in [0.2, 0.25) is 0 Å². The lowest BCUT2D eigenvalue weighted by atomic mass is 10.1. The first-order chi connectivity index (χ1) is 15.6. The van der Waals surface area contributed by atoms with Crippen LogP contribution in [0.3, 0.4) is 0 Å². The van der Waals surface area contributed by atoms with Crippen molar-refractivity contribution in [2.24, 2.45) is 4.99 Å². The summed E-state index contributed by atoms with van der Waals surface area (Å²) in [5.41, 5.74) is 1.94. The van der Waals surface area contributed by atoms with Crippen LogP contribution in [0.4, 0.5) is 4.39 Å². The molecular weight excluding hydrogens is 407 g/mol. The minimum atomic E-state index is -0.244. The highest BCUT2D eigenvalue weighted by molar-refractivity contribution is 5.79. The van der Waals surface area contributed by atoms with Crippen molar-refractivity contribution in [2.45, 2.75) is 38.9 Å². The average Bonchev–Trinajstić information content (AvgIpc) is 2.82. The van der Waals surface area contributed by atoms with E-state index in [0.717, 1.165) is 56.0 Å². The van der Waals surface area contributed by atoms with Crippen LogP contribution in [0.15, 0.2) is 53.5 Å². The fraction of sp³-hybridized carbons (Fsp3) is 0.480. The zero-order chi connectivity index (χ0) is 22.6. The van der Waals surface area contributed by atoms with Crippen LogP contribution in [0.5, 0.6) is 5.75 Å². The number of nitrogens with one attached hydrogen (secondary N) is 2. The molecule has 0 unspecified atom stereocenters. The maximum absolute atomic E-state index is 13.4. The smallest absolute Gasteiger partial charge is 0.191 e. The molecule has 1 aliphatic rings. The van der Waals surface area contributed by atoms with Gasteiger partial charge in [-0.05, 0) is 62.2 Å². The van der Waals surface area contributed by atoms with Gasteiger partial charge in [-0.25, -0.2) is 9.38 Å². The zero-order valence-corrected chi connectivity index (χ0v) is 19.1. The molecule has 1 aliphatic heterocycles. The van der Waals surface area contributed by atoms with Crippen molar-refractivity contribution in [3.8, 4) is 5.75 Å². The lowest BCUT2D eigenvalue weighted by Gasteiger charge is -2.31. The van der Waals surface area contributed by atoms with E-state index in [1.54, 1.807) is 6.07 Å². The third kappa shape index (κ3) is 8.13. The third-order valence-electron chi connectivity index (χ3n) is 5.54. The van der Waals surface area contributed by atoms with Crippen LogP contribution in [0.2, 0.25) is 0 Å². The molecule has 1 fully saturated rings. The summed E-state index contributed by atoms with van der Waals surface area (Å²) in [6, 6.07) is 15.2. The molecule has 3 rings (SSSR count). The van der Waals surface area contributed by atoms with E-state index >= 15 is 0 Å². The molecule has 0 aliphatic carbocycles. The number of hydrogen-bond donors (Lipinski definition) is 2. The van der Waals surface area contributed by atoms with E-state index in [2.05, 4.69) is 39.7 Å². The lowest BCUT2D eigenvalue weighted by molar-refractivity contribution is 0.0392. The Morgan fingerprint density at radius 2 is 1.91 bits per heavy atom. The number of guanidine groups is 1. The normalized spacial score (nSPS) is 15.1. The highest BCUT2D eigenvalue weighted by Gasteiger charge is 2.17. The van der Waals surface area contributed by atoms with E-state index in [1.807, 2.05) is 25.1 Å². The standard InChI is InChI=1S/C25H35FN4O2/c1-3-27-25(28-18-20-6-4-8-22(26)16-20)29-19-21-7-5-9-24(17-21)32-15-12-30(2)23-10-13-31-14-11-23/h4-9,16-17,23H,3,10-15,18-19H2,1-2H3,(H2,27,28,29). The van der Waals surface area contributed by atoms with Gasteiger partial charge >= 0.3 is 0 Å². The summed E-state index contributed by atoms with van der Waals surface area (Å²) in [6.45, 7) is 7.05. The molecular formula is C25H35FN4O2. The molecule has 0 bridgehead atoms. The first kappa shape index (κ1) is 24.0. The van der Waals surface area contributed by atoms with Gasteiger partial charge < -0.3 is 20.1 Å². The van der Waals surface area contributed by atoms with Crippen molar-refractivity contribution in [3.05, 3.63) is 65.5 Å². The van der Waals surface area contributed by atoms with Crippen LogP contribution in [-0.4, -0.2) is 56.9 Å². The third-order valence-corrected chi connectivity index (χ3v) is 5.54. The fourth-order valence-corrected chi connectivity index (χ4v) is 3.69. The minimum absolute atomic E-state index is 0.244. The molecule has 0 saturated carbocycles. The van der Waals surface area contributed by atoms with E-state index in [9.17, 15) is 4.39 Å². The van der Waals surface area contributed by atoms with E-state index < -0.39 is 0 Å². The predicted molar refractivity (Wildman–Crippen MR) is 126 cm³/mol. The first-order valence-electron chi connectivity index (χ1n) is 11.4. The van der Waals surface area contributed by atoms with Crippen molar-refractivity contribution in [2.75, 3.05) is 40.0 Å². The second-order valence-corrected chi connectivity index (χ2v) is 8.00. The molecule has 7 heteroatoms. The summed E-state index contributed by atoms with van der Waals surface area (Å²) in [6.07, 6.45) is 2.18. The molecule has 2 aromatic carbocycles. The summed E-state index contributed by atoms with van der Waals surface area (Å²) >= 11 is 0. The van der Waals surface area contributed by atoms with Crippen LogP contribution < -0.4 is 15.4 Å². The number of hydrogen-bond acceptors (Lipinski definition) is 4. The predicted octanol–water partition coefficient (Wildman–Crippen LogP) is 3.57. The maximum Gasteiger partial charge on any atom is 0.191 e. The van der Waals surface area contributed by atoms with E-state index in [-0.39, 0.29) is 5.82 Å². The van der Waals surface area contributed by atoms with Gasteiger partial charge in [-0.3, -0.25) is 4.90 Å². The first-order valence-corrected chi connectivity index (χ1v) is 11.4. The highest BCUT2D eigenvalue weighted by atomic mass is 19.1. The Bertz CT molecular complexity index is 855. The monoisotopic (exact) mass is 442 g/mol. The van der Waals surface area contributed by atoms with Gasteiger partial charge in [0, 0.05) is 38.9 Å². The van der Waals surface area contributed by atoms with Crippen LogP contribution >= 0.6 is 0 Å². The molecule has 1 saturated heterocycles. The van der Waals surface area contributed by atoms with Crippen molar-refractivity contribution in [3.63, 3.8) is 0 Å². The summed E-state index contributed by atoms with van der Waals surface area (Å²) in [4.78, 5) is 6.92. The number of ether oxygens (including phenoxy) is 2. The van der Waals surface area contributed by atoms with E-state index in [4.69, 9.17) is 9.47 Å². The van der Waals surface area contributed by atoms with Crippen LogP contribution in [0.1, 0.15) is 30.9 Å². The van der Waals surface area contributed by atoms with Gasteiger partial charge in [0.1, 0.15) is 18.2 Å². The van der Waals surface area contributed by atoms with Crippen LogP contribution in [-0.2, 0) is 17.8 Å². The largest absolute Gasteiger partial charge is 0.492 e. The number of rotatable bonds is 10. The van der Waals surface area contributed by atoms with E-state index in [1.165, 1.54) is 12.1 Å². The van der Waals surface area contributed by atoms with Crippen molar-refractivity contribution in [1.82, 2.24) is 15.5 Å². The van der Waals surface area contributed by atoms with Gasteiger partial charge in [0.25, 0.3) is 0 Å². The number of nitrogens with zero attached hydrogens (tertiary/aromatic N) is 2. The SMILES string of the molecule is CCNC(=NCc1cccc(F)c1)NCc1cccc(OCCN(C)C2CCOCC2)c1. The Morgan fingerprint density at radius 1 is 1.12 bits per heavy atom. The molecule has 6 nitrogen and oxygen atoms in total. The minimum Gasteiger partial charge on any atom is -0.492 e. The fourth-order valence-electron chi connectivity index (χ4n) is 3.69. The summed E-state index contributed by atoms with van der Waals surface area (Å²) in [5, 5.41) is 6.57. The Hall–Kier alpha value is -2.64. The molecule has 0 spiro atoms. The van der Waals surface area contributed by atoms with Gasteiger partial charge in [0.05, 0.1) is 6.54 Å². The molecule has 0 atom stereocenters. The topological polar surface area (TPSA) is 58.1 Å². The molecule has 174 valence electrons. The Kier molecular flexibility index (Phi) is 9.78. The lowest BCUT2D eigenvalue weighted by Crippen LogP contribution is -2.38. The van der Waals surface area contributed by atoms with Gasteiger partial charge in [0.15, 0.2) is 5.96 Å². The second-order valence-electron chi connectivity index (χ2n) is 8.00. The zero-order valence-electron chi connectivity index (χ0n) is 19.1.